The Labute approximate surface area is 198 Å². The summed E-state index contributed by atoms with van der Waals surface area (Å²) in [5.41, 5.74) is 3.24. The van der Waals surface area contributed by atoms with Gasteiger partial charge in [0.05, 0.1) is 5.56 Å². The van der Waals surface area contributed by atoms with Crippen LogP contribution in [0.25, 0.3) is 10.8 Å². The molecule has 0 spiro atoms. The van der Waals surface area contributed by atoms with Crippen molar-refractivity contribution in [3.8, 4) is 5.75 Å². The molecule has 2 aromatic heterocycles. The zero-order valence-electron chi connectivity index (χ0n) is 19.3. The second kappa shape index (κ2) is 10.0. The number of carbonyl (C=O) groups excluding carboxylic acids is 1. The van der Waals surface area contributed by atoms with E-state index >= 15 is 0 Å². The van der Waals surface area contributed by atoms with E-state index in [0.717, 1.165) is 38.8 Å². The fourth-order valence-corrected chi connectivity index (χ4v) is 4.63. The number of likely N-dealkylation sites (tertiary alicyclic amines) is 1. The molecule has 3 heterocycles. The summed E-state index contributed by atoms with van der Waals surface area (Å²) in [6, 6.07) is 16.1. The number of hydrogen-bond acceptors (Lipinski definition) is 6. The minimum atomic E-state index is 0.0180. The molecule has 2 aromatic carbocycles. The summed E-state index contributed by atoms with van der Waals surface area (Å²) in [6.07, 6.45) is 7.89. The molecular weight excluding hydrogens is 428 g/mol. The second-order valence-corrected chi connectivity index (χ2v) is 8.93. The van der Waals surface area contributed by atoms with Gasteiger partial charge >= 0.3 is 0 Å². The van der Waals surface area contributed by atoms with E-state index in [1.54, 1.807) is 0 Å². The molecule has 0 N–H and O–H groups in total. The molecule has 0 radical (unpaired) electrons. The van der Waals surface area contributed by atoms with Gasteiger partial charge < -0.3 is 9.64 Å². The van der Waals surface area contributed by atoms with Crippen LogP contribution < -0.4 is 4.74 Å². The number of amides is 1. The minimum Gasteiger partial charge on any atom is -0.486 e. The molecule has 7 heteroatoms. The largest absolute Gasteiger partial charge is 0.486 e. The minimum absolute atomic E-state index is 0.0180. The van der Waals surface area contributed by atoms with Gasteiger partial charge in [-0.15, -0.1) is 0 Å². The summed E-state index contributed by atoms with van der Waals surface area (Å²) in [6.45, 7) is 3.54. The molecule has 0 aliphatic carbocycles. The molecule has 1 amide bonds. The summed E-state index contributed by atoms with van der Waals surface area (Å²) in [5.74, 6) is 1.14. The van der Waals surface area contributed by atoms with Crippen molar-refractivity contribution in [3.63, 3.8) is 0 Å². The van der Waals surface area contributed by atoms with Gasteiger partial charge in [0.1, 0.15) is 23.7 Å². The van der Waals surface area contributed by atoms with Crippen molar-refractivity contribution in [2.75, 3.05) is 13.1 Å². The predicted octanol–water partition coefficient (Wildman–Crippen LogP) is 4.99. The molecule has 1 saturated heterocycles. The monoisotopic (exact) mass is 456 g/mol. The first-order valence-electron chi connectivity index (χ1n) is 11.8. The van der Waals surface area contributed by atoms with Gasteiger partial charge in [0, 0.05) is 30.9 Å². The van der Waals surface area contributed by atoms with Gasteiger partial charge in [0.25, 0.3) is 5.91 Å². The van der Waals surface area contributed by atoms with E-state index < -0.39 is 0 Å². The number of pyridine rings is 1. The summed E-state index contributed by atoms with van der Waals surface area (Å²) in [4.78, 5) is 19.6. The van der Waals surface area contributed by atoms with Gasteiger partial charge in [-0.05, 0) is 67.7 Å². The van der Waals surface area contributed by atoms with Crippen LogP contribution in [0.3, 0.4) is 0 Å². The van der Waals surface area contributed by atoms with Crippen molar-refractivity contribution in [1.82, 2.24) is 20.2 Å². The number of nitrogens with zero attached hydrogens (tertiary/aromatic N) is 4. The summed E-state index contributed by atoms with van der Waals surface area (Å²) < 4.78 is 10.7. The maximum absolute atomic E-state index is 13.4. The van der Waals surface area contributed by atoms with Crippen LogP contribution >= 0.6 is 0 Å². The summed E-state index contributed by atoms with van der Waals surface area (Å²) >= 11 is 0. The highest BCUT2D eigenvalue weighted by molar-refractivity contribution is 5.97. The maximum atomic E-state index is 13.4. The van der Waals surface area contributed by atoms with E-state index in [1.165, 1.54) is 16.3 Å². The summed E-state index contributed by atoms with van der Waals surface area (Å²) in [7, 11) is 0. The second-order valence-electron chi connectivity index (χ2n) is 8.93. The molecule has 0 bridgehead atoms. The number of para-hydroxylation sites is 1. The highest BCUT2D eigenvalue weighted by Gasteiger charge is 2.24. The van der Waals surface area contributed by atoms with Crippen LogP contribution in [0.5, 0.6) is 5.75 Å². The van der Waals surface area contributed by atoms with Gasteiger partial charge in [0.2, 0.25) is 0 Å². The Bertz CT molecular complexity index is 1290. The van der Waals surface area contributed by atoms with E-state index in [4.69, 9.17) is 9.37 Å². The van der Waals surface area contributed by atoms with Crippen molar-refractivity contribution in [2.24, 2.45) is 5.92 Å². The third kappa shape index (κ3) is 4.93. The topological polar surface area (TPSA) is 81.3 Å². The molecular formula is C27H28N4O3. The van der Waals surface area contributed by atoms with Crippen LogP contribution in [0.15, 0.2) is 65.6 Å². The lowest BCUT2D eigenvalue weighted by molar-refractivity contribution is 0.0755. The Kier molecular flexibility index (Phi) is 6.51. The van der Waals surface area contributed by atoms with Crippen LogP contribution in [0.4, 0.5) is 0 Å². The van der Waals surface area contributed by atoms with Crippen molar-refractivity contribution in [1.29, 1.82) is 0 Å². The van der Waals surface area contributed by atoms with Crippen molar-refractivity contribution >= 4 is 16.7 Å². The van der Waals surface area contributed by atoms with Crippen LogP contribution in [-0.4, -0.2) is 39.2 Å². The van der Waals surface area contributed by atoms with E-state index in [9.17, 15) is 4.79 Å². The van der Waals surface area contributed by atoms with Crippen LogP contribution in [0, 0.1) is 12.8 Å². The van der Waals surface area contributed by atoms with Crippen molar-refractivity contribution < 1.29 is 14.2 Å². The highest BCUT2D eigenvalue weighted by atomic mass is 16.6. The quantitative estimate of drug-likeness (QED) is 0.407. The van der Waals surface area contributed by atoms with E-state index in [0.29, 0.717) is 28.6 Å². The lowest BCUT2D eigenvalue weighted by atomic mass is 9.92. The van der Waals surface area contributed by atoms with Gasteiger partial charge in [-0.25, -0.2) is 4.63 Å². The zero-order chi connectivity index (χ0) is 23.3. The number of aryl methyl sites for hydroxylation is 1. The third-order valence-corrected chi connectivity index (χ3v) is 6.59. The number of hydrogen-bond donors (Lipinski definition) is 0. The van der Waals surface area contributed by atoms with Gasteiger partial charge in [-0.2, -0.15) is 0 Å². The van der Waals surface area contributed by atoms with Crippen molar-refractivity contribution in [2.45, 2.75) is 39.2 Å². The third-order valence-electron chi connectivity index (χ3n) is 6.59. The van der Waals surface area contributed by atoms with Gasteiger partial charge in [0.15, 0.2) is 0 Å². The molecule has 7 nitrogen and oxygen atoms in total. The van der Waals surface area contributed by atoms with Crippen LogP contribution in [0.1, 0.15) is 46.6 Å². The number of ether oxygens (including phenoxy) is 1. The van der Waals surface area contributed by atoms with Gasteiger partial charge in [-0.3, -0.25) is 9.78 Å². The molecule has 1 atom stereocenters. The number of fused-ring (bicyclic) bond motifs is 1. The number of benzene rings is 2. The Morgan fingerprint density at radius 3 is 2.88 bits per heavy atom. The molecule has 4 aromatic rings. The first-order valence-corrected chi connectivity index (χ1v) is 11.8. The molecule has 1 aliphatic rings. The average molecular weight is 457 g/mol. The number of rotatable bonds is 6. The molecule has 5 rings (SSSR count). The first kappa shape index (κ1) is 22.1. The fourth-order valence-electron chi connectivity index (χ4n) is 4.63. The normalized spacial score (nSPS) is 16.4. The highest BCUT2D eigenvalue weighted by Crippen LogP contribution is 2.27. The lowest BCUT2D eigenvalue weighted by Gasteiger charge is -2.22. The molecule has 174 valence electrons. The Morgan fingerprint density at radius 2 is 2.00 bits per heavy atom. The molecule has 1 unspecified atom stereocenters. The first-order chi connectivity index (χ1) is 16.7. The molecule has 0 saturated carbocycles. The number of aromatic nitrogens is 3. The SMILES string of the molecule is Cc1nonc1COc1ccccc1C(=O)N1CCCC(Cc2ccc3cnccc3c2)CC1. The van der Waals surface area contributed by atoms with Crippen molar-refractivity contribution in [3.05, 3.63) is 83.4 Å². The number of carbonyl (C=O) groups is 1. The van der Waals surface area contributed by atoms with E-state index in [-0.39, 0.29) is 12.5 Å². The fraction of sp³-hybridized carbons (Fsp3) is 0.333. The molecule has 1 fully saturated rings. The Hall–Kier alpha value is -3.74. The van der Waals surface area contributed by atoms with E-state index in [2.05, 4.69) is 39.6 Å². The van der Waals surface area contributed by atoms with Crippen LogP contribution in [-0.2, 0) is 13.0 Å². The zero-order valence-corrected chi connectivity index (χ0v) is 19.3. The smallest absolute Gasteiger partial charge is 0.257 e. The average Bonchev–Trinajstić information content (AvgIpc) is 3.14. The Balaban J connectivity index is 1.23. The van der Waals surface area contributed by atoms with Gasteiger partial charge in [-0.1, -0.05) is 40.6 Å². The van der Waals surface area contributed by atoms with Crippen LogP contribution in [0.2, 0.25) is 0 Å². The lowest BCUT2D eigenvalue weighted by Crippen LogP contribution is -2.32. The Morgan fingerprint density at radius 1 is 1.09 bits per heavy atom. The standard InChI is InChI=1S/C27H28N4O3/c1-19-25(30-34-29-19)18-33-26-7-3-2-6-24(26)27(32)31-13-4-5-20(11-14-31)15-21-8-9-23-17-28-12-10-22(23)16-21/h2-3,6-10,12,16-17,20H,4-5,11,13-15,18H2,1H3. The predicted molar refractivity (Wildman–Crippen MR) is 129 cm³/mol. The maximum Gasteiger partial charge on any atom is 0.257 e. The van der Waals surface area contributed by atoms with E-state index in [1.807, 2.05) is 48.5 Å². The molecule has 34 heavy (non-hydrogen) atoms. The molecule has 1 aliphatic heterocycles. The summed E-state index contributed by atoms with van der Waals surface area (Å²) in [5, 5.41) is 10.0.